The number of nitrogens with one attached hydrogen (secondary N) is 1. The second-order valence-electron chi connectivity index (χ2n) is 3.45. The molecular formula is C12H11N3O3. The summed E-state index contributed by atoms with van der Waals surface area (Å²) in [6.45, 7) is 0. The minimum atomic E-state index is -0.475. The fourth-order valence-electron chi connectivity index (χ4n) is 1.53. The van der Waals surface area contributed by atoms with Crippen molar-refractivity contribution in [3.05, 3.63) is 52.8 Å². The van der Waals surface area contributed by atoms with Crippen LogP contribution in [-0.2, 0) is 0 Å². The summed E-state index contributed by atoms with van der Waals surface area (Å²) in [6, 6.07) is 8.23. The minimum absolute atomic E-state index is 0.0937. The topological polar surface area (TPSA) is 77.3 Å². The summed E-state index contributed by atoms with van der Waals surface area (Å²) in [5.41, 5.74) is 0.310. The second kappa shape index (κ2) is 5.13. The van der Waals surface area contributed by atoms with Crippen molar-refractivity contribution in [3.8, 4) is 11.5 Å². The zero-order chi connectivity index (χ0) is 13.0. The maximum absolute atomic E-state index is 11.1. The molecule has 0 unspecified atom stereocenters. The van der Waals surface area contributed by atoms with E-state index in [0.717, 1.165) is 0 Å². The number of para-hydroxylation sites is 1. The Bertz CT molecular complexity index is 558. The standard InChI is InChI=1S/C12H11N3O3/c1-13-10-5-2-6-11(12(10)15(16)17)18-9-4-3-7-14-8-9/h2-8,13H,1H3. The van der Waals surface area contributed by atoms with Gasteiger partial charge in [0, 0.05) is 13.2 Å². The van der Waals surface area contributed by atoms with Crippen LogP contribution in [0.4, 0.5) is 11.4 Å². The van der Waals surface area contributed by atoms with Gasteiger partial charge in [-0.1, -0.05) is 6.07 Å². The average molecular weight is 245 g/mol. The lowest BCUT2D eigenvalue weighted by atomic mass is 10.2. The first-order valence-electron chi connectivity index (χ1n) is 5.25. The first-order chi connectivity index (χ1) is 8.72. The normalized spacial score (nSPS) is 9.83. The number of ether oxygens (including phenoxy) is 1. The molecule has 0 atom stereocenters. The van der Waals surface area contributed by atoms with Crippen molar-refractivity contribution in [1.82, 2.24) is 4.98 Å². The second-order valence-corrected chi connectivity index (χ2v) is 3.45. The highest BCUT2D eigenvalue weighted by Crippen LogP contribution is 2.36. The molecule has 0 saturated heterocycles. The molecule has 0 aliphatic carbocycles. The lowest BCUT2D eigenvalue weighted by molar-refractivity contribution is -0.384. The fourth-order valence-corrected chi connectivity index (χ4v) is 1.53. The van der Waals surface area contributed by atoms with E-state index in [9.17, 15) is 10.1 Å². The number of nitro groups is 1. The largest absolute Gasteiger partial charge is 0.448 e. The van der Waals surface area contributed by atoms with Crippen LogP contribution in [0.2, 0.25) is 0 Å². The molecule has 0 aliphatic heterocycles. The third-order valence-electron chi connectivity index (χ3n) is 2.31. The molecule has 0 amide bonds. The molecule has 0 bridgehead atoms. The van der Waals surface area contributed by atoms with Crippen molar-refractivity contribution < 1.29 is 9.66 Å². The molecule has 0 spiro atoms. The van der Waals surface area contributed by atoms with Crippen molar-refractivity contribution in [1.29, 1.82) is 0 Å². The van der Waals surface area contributed by atoms with Crippen LogP contribution in [-0.4, -0.2) is 17.0 Å². The highest BCUT2D eigenvalue weighted by atomic mass is 16.6. The van der Waals surface area contributed by atoms with Gasteiger partial charge in [0.05, 0.1) is 11.1 Å². The molecule has 2 aromatic rings. The van der Waals surface area contributed by atoms with Crippen molar-refractivity contribution in [2.45, 2.75) is 0 Å². The Morgan fingerprint density at radius 2 is 2.17 bits per heavy atom. The number of rotatable bonds is 4. The van der Waals surface area contributed by atoms with Crippen LogP contribution in [0.25, 0.3) is 0 Å². The van der Waals surface area contributed by atoms with E-state index < -0.39 is 4.92 Å². The summed E-state index contributed by atoms with van der Waals surface area (Å²) in [5.74, 6) is 0.633. The van der Waals surface area contributed by atoms with E-state index in [-0.39, 0.29) is 11.4 Å². The summed E-state index contributed by atoms with van der Waals surface area (Å²) in [5, 5.41) is 13.8. The maximum Gasteiger partial charge on any atom is 0.334 e. The molecule has 18 heavy (non-hydrogen) atoms. The van der Waals surface area contributed by atoms with Crippen molar-refractivity contribution in [2.75, 3.05) is 12.4 Å². The quantitative estimate of drug-likeness (QED) is 0.662. The fraction of sp³-hybridized carbons (Fsp3) is 0.0833. The Labute approximate surface area is 103 Å². The van der Waals surface area contributed by atoms with Gasteiger partial charge in [-0.25, -0.2) is 0 Å². The Morgan fingerprint density at radius 1 is 1.33 bits per heavy atom. The lowest BCUT2D eigenvalue weighted by Gasteiger charge is -2.08. The van der Waals surface area contributed by atoms with Crippen LogP contribution in [0.3, 0.4) is 0 Å². The molecule has 1 heterocycles. The van der Waals surface area contributed by atoms with E-state index in [0.29, 0.717) is 11.4 Å². The number of hydrogen-bond acceptors (Lipinski definition) is 5. The zero-order valence-electron chi connectivity index (χ0n) is 9.66. The van der Waals surface area contributed by atoms with E-state index in [1.807, 2.05) is 0 Å². The van der Waals surface area contributed by atoms with Gasteiger partial charge >= 0.3 is 5.69 Å². The highest BCUT2D eigenvalue weighted by molar-refractivity contribution is 5.68. The minimum Gasteiger partial charge on any atom is -0.448 e. The predicted molar refractivity (Wildman–Crippen MR) is 67.0 cm³/mol. The van der Waals surface area contributed by atoms with E-state index in [1.54, 1.807) is 43.6 Å². The van der Waals surface area contributed by atoms with Crippen molar-refractivity contribution >= 4 is 11.4 Å². The summed E-state index contributed by atoms with van der Waals surface area (Å²) in [6.07, 6.45) is 3.10. The SMILES string of the molecule is CNc1cccc(Oc2cccnc2)c1[N+](=O)[O-]. The summed E-state index contributed by atoms with van der Waals surface area (Å²) >= 11 is 0. The van der Waals surface area contributed by atoms with Gasteiger partial charge in [-0.2, -0.15) is 0 Å². The molecule has 0 aliphatic rings. The molecule has 2 rings (SSSR count). The number of hydrogen-bond donors (Lipinski definition) is 1. The van der Waals surface area contributed by atoms with Gasteiger partial charge in [0.25, 0.3) is 0 Å². The smallest absolute Gasteiger partial charge is 0.334 e. The number of anilines is 1. The first-order valence-corrected chi connectivity index (χ1v) is 5.25. The Kier molecular flexibility index (Phi) is 3.38. The molecule has 0 radical (unpaired) electrons. The highest BCUT2D eigenvalue weighted by Gasteiger charge is 2.20. The number of aromatic nitrogens is 1. The summed E-state index contributed by atoms with van der Waals surface area (Å²) in [7, 11) is 1.62. The van der Waals surface area contributed by atoms with Crippen molar-refractivity contribution in [2.24, 2.45) is 0 Å². The van der Waals surface area contributed by atoms with E-state index >= 15 is 0 Å². The number of nitrogens with zero attached hydrogens (tertiary/aromatic N) is 2. The van der Waals surface area contributed by atoms with Gasteiger partial charge in [-0.3, -0.25) is 15.1 Å². The number of pyridine rings is 1. The average Bonchev–Trinajstić information content (AvgIpc) is 2.39. The van der Waals surface area contributed by atoms with Gasteiger partial charge in [0.15, 0.2) is 0 Å². The summed E-state index contributed by atoms with van der Waals surface area (Å²) in [4.78, 5) is 14.5. The maximum atomic E-state index is 11.1. The first kappa shape index (κ1) is 11.8. The van der Waals surface area contributed by atoms with Crippen LogP contribution in [0, 0.1) is 10.1 Å². The molecular weight excluding hydrogens is 234 g/mol. The summed E-state index contributed by atoms with van der Waals surface area (Å²) < 4.78 is 5.47. The van der Waals surface area contributed by atoms with Crippen molar-refractivity contribution in [3.63, 3.8) is 0 Å². The van der Waals surface area contributed by atoms with E-state index in [2.05, 4.69) is 10.3 Å². The Morgan fingerprint density at radius 3 is 2.78 bits per heavy atom. The van der Waals surface area contributed by atoms with Gasteiger partial charge in [0.2, 0.25) is 5.75 Å². The van der Waals surface area contributed by atoms with Crippen LogP contribution in [0.1, 0.15) is 0 Å². The predicted octanol–water partition coefficient (Wildman–Crippen LogP) is 2.82. The Balaban J connectivity index is 2.42. The van der Waals surface area contributed by atoms with Crippen LogP contribution >= 0.6 is 0 Å². The zero-order valence-corrected chi connectivity index (χ0v) is 9.66. The van der Waals surface area contributed by atoms with Gasteiger partial charge < -0.3 is 10.1 Å². The lowest BCUT2D eigenvalue weighted by Crippen LogP contribution is -1.99. The van der Waals surface area contributed by atoms with Gasteiger partial charge in [-0.05, 0) is 24.3 Å². The third-order valence-corrected chi connectivity index (χ3v) is 2.31. The van der Waals surface area contributed by atoms with E-state index in [1.165, 1.54) is 6.20 Å². The van der Waals surface area contributed by atoms with Crippen LogP contribution in [0.5, 0.6) is 11.5 Å². The molecule has 0 fully saturated rings. The van der Waals surface area contributed by atoms with Crippen LogP contribution in [0.15, 0.2) is 42.7 Å². The van der Waals surface area contributed by atoms with Gasteiger partial charge in [0.1, 0.15) is 11.4 Å². The molecule has 1 aromatic carbocycles. The Hall–Kier alpha value is -2.63. The van der Waals surface area contributed by atoms with E-state index in [4.69, 9.17) is 4.74 Å². The third kappa shape index (κ3) is 2.37. The van der Waals surface area contributed by atoms with Crippen LogP contribution < -0.4 is 10.1 Å². The molecule has 1 aromatic heterocycles. The molecule has 0 saturated carbocycles. The molecule has 6 nitrogen and oxygen atoms in total. The van der Waals surface area contributed by atoms with Gasteiger partial charge in [-0.15, -0.1) is 0 Å². The number of nitro benzene ring substituents is 1. The number of benzene rings is 1. The molecule has 6 heteroatoms. The molecule has 92 valence electrons. The monoisotopic (exact) mass is 245 g/mol. The molecule has 1 N–H and O–H groups in total.